The fourth-order valence-electron chi connectivity index (χ4n) is 3.78. The predicted octanol–water partition coefficient (Wildman–Crippen LogP) is 2.73. The Balaban J connectivity index is 1.79. The van der Waals surface area contributed by atoms with Crippen LogP contribution in [-0.2, 0) is 6.42 Å². The number of likely N-dealkylation sites (tertiary alicyclic amines) is 1. The van der Waals surface area contributed by atoms with Crippen LogP contribution in [0, 0.1) is 5.92 Å². The molecule has 1 aliphatic carbocycles. The van der Waals surface area contributed by atoms with E-state index in [9.17, 15) is 0 Å². The minimum absolute atomic E-state index is 0.436. The molecule has 3 atom stereocenters. The molecule has 1 heterocycles. The molecule has 3 unspecified atom stereocenters. The molecular formula is C16H24N2. The molecule has 0 amide bonds. The Hall–Kier alpha value is -0.860. The van der Waals surface area contributed by atoms with E-state index in [0.717, 1.165) is 24.9 Å². The van der Waals surface area contributed by atoms with Crippen molar-refractivity contribution in [1.29, 1.82) is 0 Å². The molecule has 1 saturated carbocycles. The van der Waals surface area contributed by atoms with E-state index in [1.165, 1.54) is 36.9 Å². The van der Waals surface area contributed by atoms with E-state index >= 15 is 0 Å². The van der Waals surface area contributed by atoms with Crippen molar-refractivity contribution >= 4 is 0 Å². The molecule has 2 aliphatic rings. The SMILES string of the molecule is CCc1ccc(C(CN)N2CC3CCC2C3)cc1. The maximum atomic E-state index is 6.05. The number of fused-ring (bicyclic) bond motifs is 2. The quantitative estimate of drug-likeness (QED) is 0.882. The summed E-state index contributed by atoms with van der Waals surface area (Å²) in [6.07, 6.45) is 5.34. The molecule has 0 spiro atoms. The van der Waals surface area contributed by atoms with E-state index in [4.69, 9.17) is 5.73 Å². The van der Waals surface area contributed by atoms with Gasteiger partial charge in [-0.05, 0) is 42.7 Å². The summed E-state index contributed by atoms with van der Waals surface area (Å²) in [5.41, 5.74) is 8.86. The molecule has 3 rings (SSSR count). The largest absolute Gasteiger partial charge is 0.329 e. The third kappa shape index (κ3) is 2.08. The Morgan fingerprint density at radius 1 is 1.28 bits per heavy atom. The molecule has 18 heavy (non-hydrogen) atoms. The fourth-order valence-corrected chi connectivity index (χ4v) is 3.78. The van der Waals surface area contributed by atoms with Gasteiger partial charge in [0.25, 0.3) is 0 Å². The van der Waals surface area contributed by atoms with Gasteiger partial charge in [-0.3, -0.25) is 4.90 Å². The van der Waals surface area contributed by atoms with Gasteiger partial charge in [0.1, 0.15) is 0 Å². The van der Waals surface area contributed by atoms with E-state index in [1.807, 2.05) is 0 Å². The maximum Gasteiger partial charge on any atom is 0.0473 e. The lowest BCUT2D eigenvalue weighted by atomic mass is 10.00. The number of hydrogen-bond donors (Lipinski definition) is 1. The van der Waals surface area contributed by atoms with Gasteiger partial charge in [0.2, 0.25) is 0 Å². The summed E-state index contributed by atoms with van der Waals surface area (Å²) >= 11 is 0. The van der Waals surface area contributed by atoms with Crippen LogP contribution < -0.4 is 5.73 Å². The summed E-state index contributed by atoms with van der Waals surface area (Å²) in [7, 11) is 0. The Kier molecular flexibility index (Phi) is 3.40. The standard InChI is InChI=1S/C16H24N2/c1-2-12-3-6-14(7-4-12)16(10-17)18-11-13-5-8-15(18)9-13/h3-4,6-7,13,15-16H,2,5,8-11,17H2,1H3. The number of nitrogens with two attached hydrogens (primary N) is 1. The van der Waals surface area contributed by atoms with E-state index in [2.05, 4.69) is 36.1 Å². The van der Waals surface area contributed by atoms with Gasteiger partial charge in [-0.15, -0.1) is 0 Å². The van der Waals surface area contributed by atoms with Crippen LogP contribution in [0.25, 0.3) is 0 Å². The Labute approximate surface area is 110 Å². The highest BCUT2D eigenvalue weighted by Gasteiger charge is 2.40. The molecular weight excluding hydrogens is 220 g/mol. The lowest BCUT2D eigenvalue weighted by Gasteiger charge is -2.34. The van der Waals surface area contributed by atoms with Gasteiger partial charge in [0.05, 0.1) is 0 Å². The third-order valence-electron chi connectivity index (χ3n) is 4.85. The van der Waals surface area contributed by atoms with Crippen molar-refractivity contribution < 1.29 is 0 Å². The van der Waals surface area contributed by atoms with E-state index < -0.39 is 0 Å². The number of hydrogen-bond acceptors (Lipinski definition) is 2. The maximum absolute atomic E-state index is 6.05. The molecule has 0 aromatic heterocycles. The Morgan fingerprint density at radius 3 is 2.56 bits per heavy atom. The van der Waals surface area contributed by atoms with E-state index in [0.29, 0.717) is 6.04 Å². The first kappa shape index (κ1) is 12.2. The summed E-state index contributed by atoms with van der Waals surface area (Å²) < 4.78 is 0. The van der Waals surface area contributed by atoms with Crippen LogP contribution in [0.5, 0.6) is 0 Å². The average molecular weight is 244 g/mol. The van der Waals surface area contributed by atoms with Gasteiger partial charge in [0, 0.05) is 25.2 Å². The zero-order valence-electron chi connectivity index (χ0n) is 11.3. The molecule has 2 nitrogen and oxygen atoms in total. The normalized spacial score (nSPS) is 28.8. The second-order valence-electron chi connectivity index (χ2n) is 5.88. The van der Waals surface area contributed by atoms with Gasteiger partial charge < -0.3 is 5.73 Å². The van der Waals surface area contributed by atoms with Crippen molar-refractivity contribution in [3.63, 3.8) is 0 Å². The lowest BCUT2D eigenvalue weighted by molar-refractivity contribution is 0.153. The van der Waals surface area contributed by atoms with Crippen molar-refractivity contribution in [2.24, 2.45) is 11.7 Å². The molecule has 2 N–H and O–H groups in total. The van der Waals surface area contributed by atoms with Crippen molar-refractivity contribution in [3.8, 4) is 0 Å². The molecule has 1 aromatic carbocycles. The zero-order chi connectivity index (χ0) is 12.5. The number of piperidine rings is 1. The molecule has 0 radical (unpaired) electrons. The van der Waals surface area contributed by atoms with Gasteiger partial charge in [0.15, 0.2) is 0 Å². The van der Waals surface area contributed by atoms with E-state index in [1.54, 1.807) is 0 Å². The molecule has 1 aliphatic heterocycles. The smallest absolute Gasteiger partial charge is 0.0473 e. The van der Waals surface area contributed by atoms with Gasteiger partial charge >= 0.3 is 0 Å². The van der Waals surface area contributed by atoms with Crippen LogP contribution >= 0.6 is 0 Å². The highest BCUT2D eigenvalue weighted by molar-refractivity contribution is 5.26. The van der Waals surface area contributed by atoms with Crippen molar-refractivity contribution in [2.75, 3.05) is 13.1 Å². The number of aryl methyl sites for hydroxylation is 1. The third-order valence-corrected chi connectivity index (χ3v) is 4.85. The van der Waals surface area contributed by atoms with Gasteiger partial charge in [-0.2, -0.15) is 0 Å². The van der Waals surface area contributed by atoms with Crippen LogP contribution in [0.4, 0.5) is 0 Å². The second-order valence-corrected chi connectivity index (χ2v) is 5.88. The minimum atomic E-state index is 0.436. The topological polar surface area (TPSA) is 29.3 Å². The fraction of sp³-hybridized carbons (Fsp3) is 0.625. The Morgan fingerprint density at radius 2 is 2.06 bits per heavy atom. The summed E-state index contributed by atoms with van der Waals surface area (Å²) in [5, 5.41) is 0. The highest BCUT2D eigenvalue weighted by Crippen LogP contribution is 2.41. The number of benzene rings is 1. The number of nitrogens with zero attached hydrogens (tertiary/aromatic N) is 1. The van der Waals surface area contributed by atoms with Crippen LogP contribution in [0.2, 0.25) is 0 Å². The molecule has 98 valence electrons. The van der Waals surface area contributed by atoms with Crippen LogP contribution in [-0.4, -0.2) is 24.0 Å². The zero-order valence-corrected chi connectivity index (χ0v) is 11.3. The van der Waals surface area contributed by atoms with Crippen LogP contribution in [0.15, 0.2) is 24.3 Å². The van der Waals surface area contributed by atoms with Crippen LogP contribution in [0.3, 0.4) is 0 Å². The first-order valence-corrected chi connectivity index (χ1v) is 7.36. The molecule has 1 aromatic rings. The summed E-state index contributed by atoms with van der Waals surface area (Å²) in [5.74, 6) is 0.943. The van der Waals surface area contributed by atoms with Gasteiger partial charge in [-0.25, -0.2) is 0 Å². The van der Waals surface area contributed by atoms with Crippen molar-refractivity contribution in [3.05, 3.63) is 35.4 Å². The highest BCUT2D eigenvalue weighted by atomic mass is 15.2. The van der Waals surface area contributed by atoms with Gasteiger partial charge in [-0.1, -0.05) is 31.2 Å². The first-order chi connectivity index (χ1) is 8.81. The summed E-state index contributed by atoms with van der Waals surface area (Å²) in [6.45, 7) is 4.21. The molecule has 2 fully saturated rings. The number of rotatable bonds is 4. The Bertz CT molecular complexity index is 398. The predicted molar refractivity (Wildman–Crippen MR) is 75.5 cm³/mol. The molecule has 2 bridgehead atoms. The first-order valence-electron chi connectivity index (χ1n) is 7.36. The minimum Gasteiger partial charge on any atom is -0.329 e. The molecule has 2 heteroatoms. The van der Waals surface area contributed by atoms with Crippen molar-refractivity contribution in [1.82, 2.24) is 4.90 Å². The monoisotopic (exact) mass is 244 g/mol. The van der Waals surface area contributed by atoms with Crippen molar-refractivity contribution in [2.45, 2.75) is 44.7 Å². The van der Waals surface area contributed by atoms with E-state index in [-0.39, 0.29) is 0 Å². The summed E-state index contributed by atoms with van der Waals surface area (Å²) in [4.78, 5) is 2.66. The second kappa shape index (κ2) is 5.02. The summed E-state index contributed by atoms with van der Waals surface area (Å²) in [6, 6.07) is 10.3. The lowest BCUT2D eigenvalue weighted by Crippen LogP contribution is -2.39. The molecule has 1 saturated heterocycles. The average Bonchev–Trinajstić information content (AvgIpc) is 3.03. The van der Waals surface area contributed by atoms with Crippen LogP contribution in [0.1, 0.15) is 43.4 Å².